The molecule has 0 aliphatic rings. The van der Waals surface area contributed by atoms with Crippen LogP contribution in [0.2, 0.25) is 0 Å². The fraction of sp³-hybridized carbons (Fsp3) is 0.286. The predicted molar refractivity (Wildman–Crippen MR) is 76.5 cm³/mol. The first-order chi connectivity index (χ1) is 9.56. The number of rotatable bonds is 6. The third-order valence-electron chi connectivity index (χ3n) is 2.62. The summed E-state index contributed by atoms with van der Waals surface area (Å²) in [5.41, 5.74) is 1.34. The Bertz CT molecular complexity index is 482. The molecule has 6 heteroatoms. The zero-order chi connectivity index (χ0) is 15.0. The minimum Gasteiger partial charge on any atom is -0.478 e. The molecule has 0 spiro atoms. The van der Waals surface area contributed by atoms with E-state index in [0.717, 1.165) is 11.6 Å². The zero-order valence-electron chi connectivity index (χ0n) is 11.2. The van der Waals surface area contributed by atoms with Crippen LogP contribution in [0, 0.1) is 0 Å². The number of amides is 2. The highest BCUT2D eigenvalue weighted by Gasteiger charge is 2.10. The first-order valence-corrected chi connectivity index (χ1v) is 6.24. The summed E-state index contributed by atoms with van der Waals surface area (Å²) in [5.74, 6) is -1.01. The van der Waals surface area contributed by atoms with Crippen LogP contribution in [0.5, 0.6) is 0 Å². The molecule has 0 saturated carbocycles. The van der Waals surface area contributed by atoms with Crippen molar-refractivity contribution >= 4 is 23.8 Å². The standard InChI is InChI=1S/C14H18N2O4/c1-2-16(9-10-17)14(20)15-12-6-3-11(4-7-12)5-8-13(18)19/h3-8,17H,2,9-10H2,1H3,(H,15,20)(H,18,19)/b8-5+. The van der Waals surface area contributed by atoms with Crippen LogP contribution in [0.3, 0.4) is 0 Å². The van der Waals surface area contributed by atoms with Crippen LogP contribution >= 0.6 is 0 Å². The Kier molecular flexibility index (Phi) is 6.25. The molecule has 0 radical (unpaired) electrons. The van der Waals surface area contributed by atoms with E-state index in [1.54, 1.807) is 24.3 Å². The van der Waals surface area contributed by atoms with Gasteiger partial charge in [-0.05, 0) is 30.7 Å². The lowest BCUT2D eigenvalue weighted by Crippen LogP contribution is -2.36. The second kappa shape index (κ2) is 7.96. The van der Waals surface area contributed by atoms with Gasteiger partial charge in [0.1, 0.15) is 0 Å². The average Bonchev–Trinajstić information content (AvgIpc) is 2.43. The number of carbonyl (C=O) groups excluding carboxylic acids is 1. The van der Waals surface area contributed by atoms with Gasteiger partial charge < -0.3 is 20.4 Å². The number of aliphatic carboxylic acids is 1. The van der Waals surface area contributed by atoms with Crippen LogP contribution in [0.4, 0.5) is 10.5 Å². The van der Waals surface area contributed by atoms with Gasteiger partial charge in [-0.2, -0.15) is 0 Å². The van der Waals surface area contributed by atoms with Gasteiger partial charge in [0, 0.05) is 24.9 Å². The highest BCUT2D eigenvalue weighted by molar-refractivity contribution is 5.89. The second-order valence-electron chi connectivity index (χ2n) is 4.03. The molecule has 0 bridgehead atoms. The van der Waals surface area contributed by atoms with Crippen LogP contribution in [0.25, 0.3) is 6.08 Å². The summed E-state index contributed by atoms with van der Waals surface area (Å²) in [6, 6.07) is 6.50. The minimum absolute atomic E-state index is 0.0832. The molecule has 108 valence electrons. The Morgan fingerprint density at radius 3 is 2.45 bits per heavy atom. The Balaban J connectivity index is 2.65. The molecule has 0 unspecified atom stereocenters. The lowest BCUT2D eigenvalue weighted by Gasteiger charge is -2.20. The van der Waals surface area contributed by atoms with Crippen molar-refractivity contribution in [2.45, 2.75) is 6.92 Å². The number of anilines is 1. The number of benzene rings is 1. The summed E-state index contributed by atoms with van der Waals surface area (Å²) in [7, 11) is 0. The van der Waals surface area contributed by atoms with Crippen molar-refractivity contribution in [2.75, 3.05) is 25.0 Å². The molecule has 0 fully saturated rings. The number of carboxylic acids is 1. The molecule has 3 N–H and O–H groups in total. The SMILES string of the molecule is CCN(CCO)C(=O)Nc1ccc(/C=C/C(=O)O)cc1. The monoisotopic (exact) mass is 278 g/mol. The molecule has 0 aliphatic carbocycles. The van der Waals surface area contributed by atoms with E-state index in [1.165, 1.54) is 11.0 Å². The molecule has 20 heavy (non-hydrogen) atoms. The fourth-order valence-electron chi connectivity index (χ4n) is 1.57. The summed E-state index contributed by atoms with van der Waals surface area (Å²) in [4.78, 5) is 23.7. The number of urea groups is 1. The molecule has 0 heterocycles. The quantitative estimate of drug-likeness (QED) is 0.690. The van der Waals surface area contributed by atoms with Crippen molar-refractivity contribution < 1.29 is 19.8 Å². The summed E-state index contributed by atoms with van der Waals surface area (Å²) < 4.78 is 0. The number of hydrogen-bond donors (Lipinski definition) is 3. The van der Waals surface area contributed by atoms with E-state index in [-0.39, 0.29) is 19.2 Å². The highest BCUT2D eigenvalue weighted by atomic mass is 16.4. The first-order valence-electron chi connectivity index (χ1n) is 6.24. The van der Waals surface area contributed by atoms with Gasteiger partial charge in [-0.1, -0.05) is 12.1 Å². The topological polar surface area (TPSA) is 89.9 Å². The van der Waals surface area contributed by atoms with E-state index in [2.05, 4.69) is 5.32 Å². The molecule has 0 atom stereocenters. The minimum atomic E-state index is -1.01. The Labute approximate surface area is 117 Å². The highest BCUT2D eigenvalue weighted by Crippen LogP contribution is 2.11. The summed E-state index contributed by atoms with van der Waals surface area (Å²) in [6.07, 6.45) is 2.52. The van der Waals surface area contributed by atoms with Crippen molar-refractivity contribution in [3.8, 4) is 0 Å². The molecule has 0 aliphatic heterocycles. The van der Waals surface area contributed by atoms with Crippen LogP contribution in [0.1, 0.15) is 12.5 Å². The molecular formula is C14H18N2O4. The van der Waals surface area contributed by atoms with Crippen LogP contribution in [-0.4, -0.2) is 46.8 Å². The van der Waals surface area contributed by atoms with E-state index in [4.69, 9.17) is 10.2 Å². The third kappa shape index (κ3) is 5.11. The second-order valence-corrected chi connectivity index (χ2v) is 4.03. The first kappa shape index (κ1) is 15.7. The van der Waals surface area contributed by atoms with Crippen molar-refractivity contribution in [3.05, 3.63) is 35.9 Å². The molecule has 0 aromatic heterocycles. The zero-order valence-corrected chi connectivity index (χ0v) is 11.2. The van der Waals surface area contributed by atoms with Crippen molar-refractivity contribution in [3.63, 3.8) is 0 Å². The maximum Gasteiger partial charge on any atom is 0.328 e. The number of nitrogens with one attached hydrogen (secondary N) is 1. The maximum atomic E-state index is 11.8. The number of aliphatic hydroxyl groups excluding tert-OH is 1. The number of aliphatic hydroxyl groups is 1. The smallest absolute Gasteiger partial charge is 0.328 e. The van der Waals surface area contributed by atoms with E-state index in [9.17, 15) is 9.59 Å². The fourth-order valence-corrected chi connectivity index (χ4v) is 1.57. The van der Waals surface area contributed by atoms with Gasteiger partial charge in [0.05, 0.1) is 6.61 Å². The molecular weight excluding hydrogens is 260 g/mol. The van der Waals surface area contributed by atoms with E-state index in [0.29, 0.717) is 12.2 Å². The number of carboxylic acid groups (broad SMARTS) is 1. The third-order valence-corrected chi connectivity index (χ3v) is 2.62. The summed E-state index contributed by atoms with van der Waals surface area (Å²) >= 11 is 0. The van der Waals surface area contributed by atoms with Crippen molar-refractivity contribution in [2.24, 2.45) is 0 Å². The molecule has 6 nitrogen and oxygen atoms in total. The lowest BCUT2D eigenvalue weighted by molar-refractivity contribution is -0.131. The number of hydrogen-bond acceptors (Lipinski definition) is 3. The van der Waals surface area contributed by atoms with Gasteiger partial charge >= 0.3 is 12.0 Å². The largest absolute Gasteiger partial charge is 0.478 e. The Morgan fingerprint density at radius 2 is 1.95 bits per heavy atom. The van der Waals surface area contributed by atoms with Gasteiger partial charge in [-0.15, -0.1) is 0 Å². The van der Waals surface area contributed by atoms with Gasteiger partial charge in [-0.3, -0.25) is 0 Å². The number of likely N-dealkylation sites (N-methyl/N-ethyl adjacent to an activating group) is 1. The van der Waals surface area contributed by atoms with Gasteiger partial charge in [0.2, 0.25) is 0 Å². The molecule has 0 saturated heterocycles. The molecule has 1 aromatic rings. The van der Waals surface area contributed by atoms with E-state index in [1.807, 2.05) is 6.92 Å². The molecule has 1 rings (SSSR count). The van der Waals surface area contributed by atoms with E-state index >= 15 is 0 Å². The van der Waals surface area contributed by atoms with Crippen LogP contribution in [0.15, 0.2) is 30.3 Å². The average molecular weight is 278 g/mol. The van der Waals surface area contributed by atoms with Gasteiger partial charge in [0.15, 0.2) is 0 Å². The Hall–Kier alpha value is -2.34. The van der Waals surface area contributed by atoms with Gasteiger partial charge in [0.25, 0.3) is 0 Å². The van der Waals surface area contributed by atoms with Crippen LogP contribution < -0.4 is 5.32 Å². The summed E-state index contributed by atoms with van der Waals surface area (Å²) in [6.45, 7) is 2.53. The van der Waals surface area contributed by atoms with E-state index < -0.39 is 5.97 Å². The maximum absolute atomic E-state index is 11.8. The molecule has 1 aromatic carbocycles. The lowest BCUT2D eigenvalue weighted by atomic mass is 10.2. The van der Waals surface area contributed by atoms with Crippen molar-refractivity contribution in [1.29, 1.82) is 0 Å². The normalized spacial score (nSPS) is 10.5. The van der Waals surface area contributed by atoms with Crippen LogP contribution in [-0.2, 0) is 4.79 Å². The summed E-state index contributed by atoms with van der Waals surface area (Å²) in [5, 5.41) is 20.1. The Morgan fingerprint density at radius 1 is 1.30 bits per heavy atom. The number of nitrogens with zero attached hydrogens (tertiary/aromatic N) is 1. The molecule has 2 amide bonds. The number of carbonyl (C=O) groups is 2. The van der Waals surface area contributed by atoms with Gasteiger partial charge in [-0.25, -0.2) is 9.59 Å². The van der Waals surface area contributed by atoms with Crippen molar-refractivity contribution in [1.82, 2.24) is 4.90 Å². The predicted octanol–water partition coefficient (Wildman–Crippen LogP) is 1.63.